The molecule has 1 aliphatic heterocycles. The van der Waals surface area contributed by atoms with Crippen LogP contribution in [-0.4, -0.2) is 11.1 Å². The number of ketones is 1. The summed E-state index contributed by atoms with van der Waals surface area (Å²) in [5, 5.41) is 4.54. The Bertz CT molecular complexity index is 1170. The monoisotopic (exact) mass is 378 g/mol. The summed E-state index contributed by atoms with van der Waals surface area (Å²) in [5.74, 6) is 0.155. The van der Waals surface area contributed by atoms with Crippen molar-refractivity contribution >= 4 is 33.9 Å². The van der Waals surface area contributed by atoms with Crippen molar-refractivity contribution in [2.24, 2.45) is 0 Å². The first-order chi connectivity index (χ1) is 13.8. The van der Waals surface area contributed by atoms with E-state index >= 15 is 0 Å². The molecule has 2 heteroatoms. The molecule has 0 atom stereocenters. The van der Waals surface area contributed by atoms with Gasteiger partial charge in [-0.25, -0.2) is 0 Å². The third kappa shape index (κ3) is 2.37. The highest BCUT2D eigenvalue weighted by Crippen LogP contribution is 2.52. The summed E-state index contributed by atoms with van der Waals surface area (Å²) in [4.78, 5) is 13.8. The summed E-state index contributed by atoms with van der Waals surface area (Å²) in [7, 11) is 0. The zero-order valence-electron chi connectivity index (χ0n) is 15.3. The van der Waals surface area contributed by atoms with Gasteiger partial charge in [0.1, 0.15) is 0 Å². The molecule has 0 amide bonds. The average Bonchev–Trinajstić information content (AvgIpc) is 3.05. The summed E-state index contributed by atoms with van der Waals surface area (Å²) in [6, 6.07) is 39.4. The van der Waals surface area contributed by atoms with Crippen LogP contribution in [0.25, 0.3) is 0 Å². The molecule has 0 radical (unpaired) electrons. The molecular formula is C26H19OP. The van der Waals surface area contributed by atoms with E-state index in [1.54, 1.807) is 0 Å². The molecule has 1 heterocycles. The normalized spacial score (nSPS) is 14.7. The Balaban J connectivity index is 2.05. The predicted octanol–water partition coefficient (Wildman–Crippen LogP) is 4.40. The maximum absolute atomic E-state index is 13.8. The van der Waals surface area contributed by atoms with Crippen LogP contribution in [0.1, 0.15) is 15.9 Å². The van der Waals surface area contributed by atoms with Gasteiger partial charge in [0.15, 0.2) is 5.78 Å². The summed E-state index contributed by atoms with van der Waals surface area (Å²) >= 11 is 0. The van der Waals surface area contributed by atoms with Crippen molar-refractivity contribution < 1.29 is 4.79 Å². The lowest BCUT2D eigenvalue weighted by Gasteiger charge is -2.28. The highest BCUT2D eigenvalue weighted by atomic mass is 31.2. The fourth-order valence-corrected chi connectivity index (χ4v) is 8.93. The second-order valence-electron chi connectivity index (χ2n) is 6.90. The van der Waals surface area contributed by atoms with Crippen molar-refractivity contribution in [3.8, 4) is 0 Å². The van der Waals surface area contributed by atoms with E-state index in [-0.39, 0.29) is 5.78 Å². The molecule has 4 aromatic carbocycles. The third-order valence-corrected chi connectivity index (χ3v) is 9.78. The van der Waals surface area contributed by atoms with Gasteiger partial charge in [-0.3, -0.25) is 4.79 Å². The second-order valence-corrected chi connectivity index (χ2v) is 10.2. The minimum atomic E-state index is -2.26. The van der Waals surface area contributed by atoms with E-state index in [1.807, 2.05) is 42.5 Å². The number of hydrogen-bond acceptors (Lipinski definition) is 1. The molecule has 4 aromatic rings. The molecule has 0 N–H and O–H groups in total. The van der Waals surface area contributed by atoms with Crippen LogP contribution >= 0.6 is 6.89 Å². The molecule has 0 spiro atoms. The van der Waals surface area contributed by atoms with E-state index in [2.05, 4.69) is 72.8 Å². The molecule has 0 unspecified atom stereocenters. The van der Waals surface area contributed by atoms with Crippen LogP contribution in [0.5, 0.6) is 0 Å². The van der Waals surface area contributed by atoms with E-state index in [0.717, 1.165) is 21.7 Å². The van der Waals surface area contributed by atoms with Crippen LogP contribution in [0.2, 0.25) is 0 Å². The maximum atomic E-state index is 13.8. The molecule has 1 nitrogen and oxygen atoms in total. The quantitative estimate of drug-likeness (QED) is 0.483. The van der Waals surface area contributed by atoms with Gasteiger partial charge in [0.2, 0.25) is 0 Å². The van der Waals surface area contributed by atoms with Crippen molar-refractivity contribution in [2.45, 2.75) is 0 Å². The highest BCUT2D eigenvalue weighted by Gasteiger charge is 2.41. The first-order valence-corrected chi connectivity index (χ1v) is 11.2. The summed E-state index contributed by atoms with van der Waals surface area (Å²) in [6.07, 6.45) is 0. The maximum Gasteiger partial charge on any atom is 0.195 e. The molecular weight excluding hydrogens is 359 g/mol. The van der Waals surface area contributed by atoms with Gasteiger partial charge in [-0.2, -0.15) is 0 Å². The minimum absolute atomic E-state index is 0.155. The molecule has 1 aliphatic rings. The summed E-state index contributed by atoms with van der Waals surface area (Å²) < 4.78 is 0. The van der Waals surface area contributed by atoms with Crippen LogP contribution in [-0.2, 0) is 0 Å². The lowest BCUT2D eigenvalue weighted by atomic mass is 10.0. The summed E-state index contributed by atoms with van der Waals surface area (Å²) in [5.41, 5.74) is 1.85. The Morgan fingerprint density at radius 1 is 0.500 bits per heavy atom. The van der Waals surface area contributed by atoms with Crippen molar-refractivity contribution in [2.75, 3.05) is 0 Å². The van der Waals surface area contributed by atoms with E-state index in [0.29, 0.717) is 0 Å². The van der Waals surface area contributed by atoms with E-state index in [1.165, 1.54) is 10.6 Å². The Morgan fingerprint density at radius 3 is 1.54 bits per heavy atom. The van der Waals surface area contributed by atoms with E-state index in [9.17, 15) is 4.79 Å². The topological polar surface area (TPSA) is 17.1 Å². The minimum Gasteiger partial charge on any atom is -0.288 e. The highest BCUT2D eigenvalue weighted by molar-refractivity contribution is 7.97. The Hall–Kier alpha value is -3.15. The van der Waals surface area contributed by atoms with Gasteiger partial charge in [-0.05, 0) is 28.4 Å². The third-order valence-electron chi connectivity index (χ3n) is 5.39. The van der Waals surface area contributed by atoms with Gasteiger partial charge in [-0.15, -0.1) is 0 Å². The molecule has 0 aliphatic carbocycles. The molecule has 28 heavy (non-hydrogen) atoms. The number of hydrogen-bond donors (Lipinski definition) is 0. The fourth-order valence-electron chi connectivity index (χ4n) is 4.27. The SMILES string of the molecule is O=C1C(c2ccccc2)=P(c2ccccc2)(c2ccccc2)c2ccccc21. The van der Waals surface area contributed by atoms with Gasteiger partial charge < -0.3 is 0 Å². The lowest BCUT2D eigenvalue weighted by molar-refractivity contribution is 0.107. The Morgan fingerprint density at radius 2 is 0.964 bits per heavy atom. The van der Waals surface area contributed by atoms with Gasteiger partial charge in [0.05, 0.1) is 0 Å². The molecule has 134 valence electrons. The van der Waals surface area contributed by atoms with Gasteiger partial charge >= 0.3 is 0 Å². The first-order valence-electron chi connectivity index (χ1n) is 9.41. The Labute approximate surface area is 165 Å². The number of rotatable bonds is 3. The smallest absolute Gasteiger partial charge is 0.195 e. The van der Waals surface area contributed by atoms with Crippen molar-refractivity contribution in [3.63, 3.8) is 0 Å². The average molecular weight is 378 g/mol. The molecule has 0 saturated heterocycles. The largest absolute Gasteiger partial charge is 0.288 e. The number of benzene rings is 4. The molecule has 0 saturated carbocycles. The Kier molecular flexibility index (Phi) is 4.11. The van der Waals surface area contributed by atoms with E-state index in [4.69, 9.17) is 0 Å². The van der Waals surface area contributed by atoms with Crippen LogP contribution in [0.15, 0.2) is 115 Å². The van der Waals surface area contributed by atoms with Gasteiger partial charge in [0.25, 0.3) is 0 Å². The number of Topliss-reactive ketones (excluding diaryl/α,β-unsaturated/α-hetero) is 1. The van der Waals surface area contributed by atoms with E-state index < -0.39 is 6.89 Å². The number of carbonyl (C=O) groups excluding carboxylic acids is 1. The molecule has 0 aromatic heterocycles. The first kappa shape index (κ1) is 17.0. The summed E-state index contributed by atoms with van der Waals surface area (Å²) in [6.45, 7) is -2.26. The standard InChI is InChI=1S/C26H19OP/c27-25-23-18-10-11-19-24(23)28(21-14-6-2-7-15-21,22-16-8-3-9-17-22)26(25)20-12-4-1-5-13-20/h1-19H. The zero-order valence-corrected chi connectivity index (χ0v) is 16.2. The van der Waals surface area contributed by atoms with Crippen molar-refractivity contribution in [1.29, 1.82) is 0 Å². The predicted molar refractivity (Wildman–Crippen MR) is 120 cm³/mol. The number of carbonyl (C=O) groups is 1. The second kappa shape index (κ2) is 6.78. The van der Waals surface area contributed by atoms with Gasteiger partial charge in [0, 0.05) is 10.9 Å². The van der Waals surface area contributed by atoms with Crippen molar-refractivity contribution in [1.82, 2.24) is 0 Å². The van der Waals surface area contributed by atoms with Crippen molar-refractivity contribution in [3.05, 3.63) is 126 Å². The molecule has 0 bridgehead atoms. The van der Waals surface area contributed by atoms with Crippen LogP contribution in [0.3, 0.4) is 0 Å². The van der Waals surface area contributed by atoms with Gasteiger partial charge in [-0.1, -0.05) is 115 Å². The zero-order chi connectivity index (χ0) is 19.0. The molecule has 5 rings (SSSR count). The fraction of sp³-hybridized carbons (Fsp3) is 0. The lowest BCUT2D eigenvalue weighted by Crippen LogP contribution is -2.27. The van der Waals surface area contributed by atoms with Crippen LogP contribution in [0, 0.1) is 0 Å². The van der Waals surface area contributed by atoms with Crippen LogP contribution < -0.4 is 15.9 Å². The number of fused-ring (bicyclic) bond motifs is 1. The molecule has 0 fully saturated rings. The van der Waals surface area contributed by atoms with Crippen LogP contribution in [0.4, 0.5) is 0 Å².